The maximum Gasteiger partial charge on any atom is 0.295 e. The highest BCUT2D eigenvalue weighted by Gasteiger charge is 2.28. The second-order valence-corrected chi connectivity index (χ2v) is 8.77. The van der Waals surface area contributed by atoms with Crippen LogP contribution in [0.1, 0.15) is 5.56 Å². The number of morpholine rings is 1. The van der Waals surface area contributed by atoms with E-state index in [2.05, 4.69) is 10.5 Å². The van der Waals surface area contributed by atoms with Crippen LogP contribution >= 0.6 is 23.2 Å². The maximum atomic E-state index is 12.7. The molecule has 3 rings (SSSR count). The number of hydrogen-bond acceptors (Lipinski definition) is 7. The molecule has 1 aliphatic rings. The van der Waals surface area contributed by atoms with Gasteiger partial charge in [0.05, 0.1) is 34.3 Å². The van der Waals surface area contributed by atoms with Crippen molar-refractivity contribution in [1.82, 2.24) is 4.31 Å². The van der Waals surface area contributed by atoms with Crippen LogP contribution in [0.15, 0.2) is 46.4 Å². The number of benzene rings is 2. The van der Waals surface area contributed by atoms with Gasteiger partial charge in [-0.3, -0.25) is 15.5 Å². The standard InChI is InChI=1S/C17H16Cl2N4O5S/c18-13-2-1-12(15(19)9-13)11-20-21-16-4-3-14(10-17(16)23(24)25)29(26,27)22-5-7-28-8-6-22/h1-4,9-11,21H,5-8H2. The van der Waals surface area contributed by atoms with Gasteiger partial charge < -0.3 is 4.74 Å². The van der Waals surface area contributed by atoms with Crippen LogP contribution < -0.4 is 5.43 Å². The Morgan fingerprint density at radius 1 is 1.17 bits per heavy atom. The molecule has 0 aromatic heterocycles. The highest BCUT2D eigenvalue weighted by atomic mass is 35.5. The minimum Gasteiger partial charge on any atom is -0.379 e. The molecule has 0 amide bonds. The molecule has 1 aliphatic heterocycles. The summed E-state index contributed by atoms with van der Waals surface area (Å²) in [6, 6.07) is 8.41. The van der Waals surface area contributed by atoms with Gasteiger partial charge >= 0.3 is 0 Å². The first-order chi connectivity index (χ1) is 13.8. The van der Waals surface area contributed by atoms with Gasteiger partial charge in [-0.25, -0.2) is 8.42 Å². The fraction of sp³-hybridized carbons (Fsp3) is 0.235. The van der Waals surface area contributed by atoms with Gasteiger partial charge in [0.2, 0.25) is 10.0 Å². The summed E-state index contributed by atoms with van der Waals surface area (Å²) >= 11 is 11.9. The number of hydrazone groups is 1. The zero-order valence-electron chi connectivity index (χ0n) is 14.9. The molecule has 2 aromatic carbocycles. The third kappa shape index (κ3) is 5.03. The summed E-state index contributed by atoms with van der Waals surface area (Å²) in [6.45, 7) is 0.955. The fourth-order valence-corrected chi connectivity index (χ4v) is 4.52. The first kappa shape index (κ1) is 21.5. The lowest BCUT2D eigenvalue weighted by molar-refractivity contribution is -0.384. The fourth-order valence-electron chi connectivity index (χ4n) is 2.63. The Morgan fingerprint density at radius 2 is 1.90 bits per heavy atom. The lowest BCUT2D eigenvalue weighted by Gasteiger charge is -2.26. The zero-order chi connectivity index (χ0) is 21.0. The van der Waals surface area contributed by atoms with Gasteiger partial charge in [0, 0.05) is 29.7 Å². The molecule has 1 fully saturated rings. The van der Waals surface area contributed by atoms with Gasteiger partial charge in [-0.05, 0) is 24.3 Å². The van der Waals surface area contributed by atoms with Gasteiger partial charge in [0.15, 0.2) is 0 Å². The molecular weight excluding hydrogens is 443 g/mol. The molecule has 0 aliphatic carbocycles. The Kier molecular flexibility index (Phi) is 6.70. The lowest BCUT2D eigenvalue weighted by atomic mass is 10.2. The van der Waals surface area contributed by atoms with Crippen molar-refractivity contribution < 1.29 is 18.1 Å². The van der Waals surface area contributed by atoms with E-state index in [0.717, 1.165) is 6.07 Å². The van der Waals surface area contributed by atoms with E-state index in [9.17, 15) is 18.5 Å². The Labute approximate surface area is 177 Å². The number of ether oxygens (including phenoxy) is 1. The van der Waals surface area contributed by atoms with Crippen molar-refractivity contribution in [3.8, 4) is 0 Å². The van der Waals surface area contributed by atoms with Crippen LogP contribution in [0.3, 0.4) is 0 Å². The molecule has 1 N–H and O–H groups in total. The lowest BCUT2D eigenvalue weighted by Crippen LogP contribution is -2.40. The van der Waals surface area contributed by atoms with Crippen molar-refractivity contribution in [3.05, 3.63) is 62.1 Å². The SMILES string of the molecule is O=[N+]([O-])c1cc(S(=O)(=O)N2CCOCC2)ccc1NN=Cc1ccc(Cl)cc1Cl. The average Bonchev–Trinajstić information content (AvgIpc) is 2.70. The van der Waals surface area contributed by atoms with E-state index < -0.39 is 20.6 Å². The number of nitrogens with one attached hydrogen (secondary N) is 1. The van der Waals surface area contributed by atoms with Crippen LogP contribution in [-0.2, 0) is 14.8 Å². The first-order valence-corrected chi connectivity index (χ1v) is 10.6. The van der Waals surface area contributed by atoms with Crippen LogP contribution in [-0.4, -0.2) is 50.2 Å². The number of nitro benzene ring substituents is 1. The van der Waals surface area contributed by atoms with E-state index in [1.807, 2.05) is 0 Å². The number of rotatable bonds is 6. The van der Waals surface area contributed by atoms with Crippen LogP contribution in [0, 0.1) is 10.1 Å². The number of nitrogens with zero attached hydrogens (tertiary/aromatic N) is 3. The summed E-state index contributed by atoms with van der Waals surface area (Å²) in [5.74, 6) is 0. The molecule has 0 spiro atoms. The van der Waals surface area contributed by atoms with E-state index >= 15 is 0 Å². The maximum absolute atomic E-state index is 12.7. The van der Waals surface area contributed by atoms with E-state index in [1.54, 1.807) is 12.1 Å². The predicted molar refractivity (Wildman–Crippen MR) is 110 cm³/mol. The molecule has 2 aromatic rings. The Hall–Kier alpha value is -2.24. The summed E-state index contributed by atoms with van der Waals surface area (Å²) in [6.07, 6.45) is 1.38. The van der Waals surface area contributed by atoms with Crippen LogP contribution in [0.2, 0.25) is 10.0 Å². The summed E-state index contributed by atoms with van der Waals surface area (Å²) in [7, 11) is -3.86. The van der Waals surface area contributed by atoms with Gasteiger partial charge in [0.25, 0.3) is 5.69 Å². The molecule has 1 saturated heterocycles. The van der Waals surface area contributed by atoms with Crippen LogP contribution in [0.4, 0.5) is 11.4 Å². The van der Waals surface area contributed by atoms with Gasteiger partial charge in [-0.2, -0.15) is 9.41 Å². The smallest absolute Gasteiger partial charge is 0.295 e. The topological polar surface area (TPSA) is 114 Å². The van der Waals surface area contributed by atoms with Crippen LogP contribution in [0.5, 0.6) is 0 Å². The quantitative estimate of drug-likeness (QED) is 0.403. The van der Waals surface area contributed by atoms with Crippen molar-refractivity contribution in [2.45, 2.75) is 4.90 Å². The molecule has 9 nitrogen and oxygen atoms in total. The minimum absolute atomic E-state index is 0.0391. The molecule has 154 valence electrons. The van der Waals surface area contributed by atoms with Gasteiger partial charge in [-0.15, -0.1) is 0 Å². The summed E-state index contributed by atoms with van der Waals surface area (Å²) in [4.78, 5) is 10.6. The first-order valence-electron chi connectivity index (χ1n) is 8.39. The number of nitro groups is 1. The largest absolute Gasteiger partial charge is 0.379 e. The number of anilines is 1. The van der Waals surface area contributed by atoms with E-state index in [4.69, 9.17) is 27.9 Å². The van der Waals surface area contributed by atoms with Crippen LogP contribution in [0.25, 0.3) is 0 Å². The van der Waals surface area contributed by atoms with Gasteiger partial charge in [-0.1, -0.05) is 29.3 Å². The Balaban J connectivity index is 1.84. The second-order valence-electron chi connectivity index (χ2n) is 5.99. The minimum atomic E-state index is -3.86. The number of halogens is 2. The summed E-state index contributed by atoms with van der Waals surface area (Å²) in [5.41, 5.74) is 2.73. The summed E-state index contributed by atoms with van der Waals surface area (Å²) in [5, 5.41) is 16.2. The van der Waals surface area contributed by atoms with Crippen molar-refractivity contribution in [2.75, 3.05) is 31.7 Å². The number of sulfonamides is 1. The summed E-state index contributed by atoms with van der Waals surface area (Å²) < 4.78 is 31.8. The monoisotopic (exact) mass is 458 g/mol. The molecule has 0 radical (unpaired) electrons. The normalized spacial score (nSPS) is 15.5. The zero-order valence-corrected chi connectivity index (χ0v) is 17.2. The van der Waals surface area contributed by atoms with Crippen molar-refractivity contribution in [1.29, 1.82) is 0 Å². The predicted octanol–water partition coefficient (Wildman–Crippen LogP) is 3.37. The van der Waals surface area contributed by atoms with E-state index in [0.29, 0.717) is 15.6 Å². The molecule has 0 saturated carbocycles. The molecule has 1 heterocycles. The molecule has 0 atom stereocenters. The Bertz CT molecular complexity index is 1060. The molecular formula is C17H16Cl2N4O5S. The molecule has 29 heavy (non-hydrogen) atoms. The van der Waals surface area contributed by atoms with Crippen molar-refractivity contribution in [2.24, 2.45) is 5.10 Å². The Morgan fingerprint density at radius 3 is 2.55 bits per heavy atom. The molecule has 0 unspecified atom stereocenters. The second kappa shape index (κ2) is 9.06. The molecule has 12 heteroatoms. The van der Waals surface area contributed by atoms with Crippen molar-refractivity contribution in [3.63, 3.8) is 0 Å². The van der Waals surface area contributed by atoms with Crippen molar-refractivity contribution >= 4 is 50.8 Å². The third-order valence-corrected chi connectivity index (χ3v) is 6.58. The van der Waals surface area contributed by atoms with E-state index in [1.165, 1.54) is 28.7 Å². The number of hydrogen-bond donors (Lipinski definition) is 1. The average molecular weight is 459 g/mol. The highest BCUT2D eigenvalue weighted by Crippen LogP contribution is 2.29. The molecule has 0 bridgehead atoms. The van der Waals surface area contributed by atoms with Gasteiger partial charge in [0.1, 0.15) is 5.69 Å². The highest BCUT2D eigenvalue weighted by molar-refractivity contribution is 7.89. The van der Waals surface area contributed by atoms with E-state index in [-0.39, 0.29) is 36.9 Å². The third-order valence-electron chi connectivity index (χ3n) is 4.12.